The van der Waals surface area contributed by atoms with E-state index in [1.165, 1.54) is 31.3 Å². The van der Waals surface area contributed by atoms with Gasteiger partial charge in [-0.1, -0.05) is 60.0 Å². The summed E-state index contributed by atoms with van der Waals surface area (Å²) in [5.41, 5.74) is 1.40. The van der Waals surface area contributed by atoms with Crippen LogP contribution in [0.25, 0.3) is 0 Å². The van der Waals surface area contributed by atoms with E-state index in [0.29, 0.717) is 0 Å². The van der Waals surface area contributed by atoms with Gasteiger partial charge in [0.15, 0.2) is 0 Å². The van der Waals surface area contributed by atoms with Crippen molar-refractivity contribution in [1.29, 1.82) is 0 Å². The second kappa shape index (κ2) is 30.8. The molecule has 0 aliphatic carbocycles. The molecule has 0 N–H and O–H groups in total. The predicted molar refractivity (Wildman–Crippen MR) is 98.6 cm³/mol. The van der Waals surface area contributed by atoms with Crippen molar-refractivity contribution in [3.8, 4) is 0 Å². The van der Waals surface area contributed by atoms with Crippen LogP contribution in [0.1, 0.15) is 74.1 Å². The summed E-state index contributed by atoms with van der Waals surface area (Å²) in [6, 6.07) is 0. The number of hydrazone groups is 1. The van der Waals surface area contributed by atoms with Crippen molar-refractivity contribution in [3.63, 3.8) is 0 Å². The van der Waals surface area contributed by atoms with Gasteiger partial charge in [0.05, 0.1) is 0 Å². The maximum Gasteiger partial charge on any atom is 0.0469 e. The van der Waals surface area contributed by atoms with Crippen LogP contribution >= 0.6 is 0 Å². The second-order valence-corrected chi connectivity index (χ2v) is 3.76. The Hall–Kier alpha value is -1.05. The molecule has 122 valence electrons. The van der Waals surface area contributed by atoms with Crippen molar-refractivity contribution >= 4 is 6.21 Å². The van der Waals surface area contributed by atoms with Crippen LogP contribution in [0.2, 0.25) is 0 Å². The Morgan fingerprint density at radius 1 is 1.05 bits per heavy atom. The Balaban J connectivity index is -0.000000187. The van der Waals surface area contributed by atoms with Gasteiger partial charge in [-0.15, -0.1) is 13.2 Å². The third-order valence-corrected chi connectivity index (χ3v) is 2.10. The van der Waals surface area contributed by atoms with Gasteiger partial charge in [-0.3, -0.25) is 0 Å². The molecule has 0 aliphatic heterocycles. The van der Waals surface area contributed by atoms with Crippen molar-refractivity contribution in [1.82, 2.24) is 5.01 Å². The van der Waals surface area contributed by atoms with Crippen LogP contribution in [0.3, 0.4) is 0 Å². The Bertz CT molecular complexity index is 196. The Labute approximate surface area is 129 Å². The molecule has 0 aliphatic rings. The molecule has 20 heavy (non-hydrogen) atoms. The summed E-state index contributed by atoms with van der Waals surface area (Å²) in [5, 5.41) is 6.32. The lowest BCUT2D eigenvalue weighted by molar-refractivity contribution is 0.349. The first kappa shape index (κ1) is 27.3. The van der Waals surface area contributed by atoms with E-state index in [-0.39, 0.29) is 0 Å². The molecule has 0 aromatic rings. The molecule has 0 saturated carbocycles. The van der Waals surface area contributed by atoms with Crippen LogP contribution in [0, 0.1) is 0 Å². The molecule has 0 radical (unpaired) electrons. The number of unbranched alkanes of at least 4 members (excludes halogenated alkanes) is 1. The number of allylic oxidation sites excluding steroid dienone is 2. The third-order valence-electron chi connectivity index (χ3n) is 2.10. The minimum Gasteiger partial charge on any atom is -0.300 e. The van der Waals surface area contributed by atoms with Crippen LogP contribution in [0.4, 0.5) is 0 Å². The zero-order chi connectivity index (χ0) is 16.8. The SMILES string of the molecule is C=C.CC.CC.CCCCN(C)/N=C\C=C(/C)CCC. The highest BCUT2D eigenvalue weighted by molar-refractivity contribution is 5.71. The highest BCUT2D eigenvalue weighted by atomic mass is 15.4. The van der Waals surface area contributed by atoms with Gasteiger partial charge in [-0.2, -0.15) is 5.10 Å². The monoisotopic (exact) mass is 284 g/mol. The molecule has 0 fully saturated rings. The fraction of sp³-hybridized carbons (Fsp3) is 0.722. The van der Waals surface area contributed by atoms with E-state index in [4.69, 9.17) is 0 Å². The zero-order valence-electron chi connectivity index (χ0n) is 15.5. The summed E-state index contributed by atoms with van der Waals surface area (Å²) in [4.78, 5) is 0. The normalized spacial score (nSPS) is 9.50. The topological polar surface area (TPSA) is 15.6 Å². The van der Waals surface area contributed by atoms with E-state index in [2.05, 4.69) is 45.1 Å². The van der Waals surface area contributed by atoms with Crippen molar-refractivity contribution in [2.24, 2.45) is 5.10 Å². The summed E-state index contributed by atoms with van der Waals surface area (Å²) < 4.78 is 0. The minimum atomic E-state index is 1.05. The fourth-order valence-corrected chi connectivity index (χ4v) is 1.20. The fourth-order valence-electron chi connectivity index (χ4n) is 1.20. The van der Waals surface area contributed by atoms with Gasteiger partial charge >= 0.3 is 0 Å². The summed E-state index contributed by atoms with van der Waals surface area (Å²) in [6.45, 7) is 21.6. The minimum absolute atomic E-state index is 1.05. The maximum atomic E-state index is 4.32. The molecule has 0 spiro atoms. The first-order chi connectivity index (χ1) is 9.70. The summed E-state index contributed by atoms with van der Waals surface area (Å²) >= 11 is 0. The summed E-state index contributed by atoms with van der Waals surface area (Å²) in [7, 11) is 2.02. The van der Waals surface area contributed by atoms with Crippen molar-refractivity contribution < 1.29 is 0 Å². The lowest BCUT2D eigenvalue weighted by atomic mass is 10.2. The van der Waals surface area contributed by atoms with Crippen LogP contribution in [-0.2, 0) is 0 Å². The molecular formula is C18H40N2. The van der Waals surface area contributed by atoms with Crippen LogP contribution in [-0.4, -0.2) is 24.8 Å². The van der Waals surface area contributed by atoms with Gasteiger partial charge in [-0.25, -0.2) is 0 Å². The molecule has 0 aromatic carbocycles. The molecule has 2 nitrogen and oxygen atoms in total. The first-order valence-electron chi connectivity index (χ1n) is 8.11. The smallest absolute Gasteiger partial charge is 0.0469 e. The van der Waals surface area contributed by atoms with Gasteiger partial charge in [0.2, 0.25) is 0 Å². The second-order valence-electron chi connectivity index (χ2n) is 3.76. The molecule has 0 aromatic heterocycles. The zero-order valence-corrected chi connectivity index (χ0v) is 15.5. The van der Waals surface area contributed by atoms with Crippen molar-refractivity contribution in [2.45, 2.75) is 74.1 Å². The average Bonchev–Trinajstić information content (AvgIpc) is 2.51. The Kier molecular flexibility index (Phi) is 42.0. The number of rotatable bonds is 7. The highest BCUT2D eigenvalue weighted by Gasteiger charge is 1.89. The molecule has 0 rings (SSSR count). The molecular weight excluding hydrogens is 244 g/mol. The first-order valence-corrected chi connectivity index (χ1v) is 8.11. The number of hydrogen-bond donors (Lipinski definition) is 0. The van der Waals surface area contributed by atoms with E-state index in [0.717, 1.165) is 6.54 Å². The molecule has 0 heterocycles. The number of hydrogen-bond acceptors (Lipinski definition) is 2. The van der Waals surface area contributed by atoms with Gasteiger partial charge in [0.1, 0.15) is 0 Å². The largest absolute Gasteiger partial charge is 0.300 e. The van der Waals surface area contributed by atoms with E-state index in [9.17, 15) is 0 Å². The van der Waals surface area contributed by atoms with E-state index >= 15 is 0 Å². The maximum absolute atomic E-state index is 4.32. The average molecular weight is 285 g/mol. The molecule has 0 amide bonds. The lowest BCUT2D eigenvalue weighted by Gasteiger charge is -2.10. The van der Waals surface area contributed by atoms with Crippen LogP contribution in [0.5, 0.6) is 0 Å². The summed E-state index contributed by atoms with van der Waals surface area (Å²) in [5.74, 6) is 0. The van der Waals surface area contributed by atoms with Crippen molar-refractivity contribution in [3.05, 3.63) is 24.8 Å². The van der Waals surface area contributed by atoms with Gasteiger partial charge in [0, 0.05) is 19.8 Å². The molecule has 0 unspecified atom stereocenters. The number of nitrogens with zero attached hydrogens (tertiary/aromatic N) is 2. The quantitative estimate of drug-likeness (QED) is 0.304. The molecule has 2 heteroatoms. The molecule has 0 bridgehead atoms. The van der Waals surface area contributed by atoms with E-state index in [1.54, 1.807) is 0 Å². The standard InChI is InChI=1S/C12H24N2.2C2H6.C2H4/c1-5-7-11-14(4)13-10-9-12(3)8-6-2;3*1-2/h9-10H,5-8,11H2,1-4H3;2*1-2H3;1-2H2/b12-9+,13-10-;;;. The van der Waals surface area contributed by atoms with Gasteiger partial charge < -0.3 is 5.01 Å². The Morgan fingerprint density at radius 2 is 1.55 bits per heavy atom. The van der Waals surface area contributed by atoms with Crippen LogP contribution < -0.4 is 0 Å². The van der Waals surface area contributed by atoms with Crippen molar-refractivity contribution in [2.75, 3.05) is 13.6 Å². The molecule has 0 atom stereocenters. The summed E-state index contributed by atoms with van der Waals surface area (Å²) in [6.07, 6.45) is 8.83. The van der Waals surface area contributed by atoms with Gasteiger partial charge in [0.25, 0.3) is 0 Å². The predicted octanol–water partition coefficient (Wildman–Crippen LogP) is 6.31. The Morgan fingerprint density at radius 3 is 1.95 bits per heavy atom. The highest BCUT2D eigenvalue weighted by Crippen LogP contribution is 2.01. The van der Waals surface area contributed by atoms with E-state index < -0.39 is 0 Å². The third kappa shape index (κ3) is 30.2. The van der Waals surface area contributed by atoms with Crippen LogP contribution in [0.15, 0.2) is 29.9 Å². The van der Waals surface area contributed by atoms with Gasteiger partial charge in [-0.05, 0) is 25.8 Å². The van der Waals surface area contributed by atoms with E-state index in [1.807, 2.05) is 46.0 Å². The lowest BCUT2D eigenvalue weighted by Crippen LogP contribution is -2.12. The molecule has 0 saturated heterocycles.